The standard InChI is InChI=1S/C37H28N4O2/c1-41-39-37(38-40-41)35-32(30(28-18-10-4-11-19-28)22-26-14-6-2-7-15-26)24-33-36(43-25-42-33)34(35)31(29-20-12-5-13-21-29)23-27-16-8-3-9-17-27/h2-24H,25H2,1H3/b30-22+,31-23+. The fourth-order valence-electron chi connectivity index (χ4n) is 5.41. The van der Waals surface area contributed by atoms with Gasteiger partial charge in [-0.15, -0.1) is 10.2 Å². The van der Waals surface area contributed by atoms with Gasteiger partial charge in [0, 0.05) is 11.1 Å². The Morgan fingerprint density at radius 2 is 1.21 bits per heavy atom. The molecule has 0 bridgehead atoms. The summed E-state index contributed by atoms with van der Waals surface area (Å²) in [5.74, 6) is 1.82. The molecule has 0 radical (unpaired) electrons. The van der Waals surface area contributed by atoms with E-state index in [1.165, 1.54) is 4.80 Å². The molecule has 43 heavy (non-hydrogen) atoms. The number of fused-ring (bicyclic) bond motifs is 1. The van der Waals surface area contributed by atoms with Gasteiger partial charge in [0.2, 0.25) is 12.6 Å². The Bertz CT molecular complexity index is 1930. The minimum atomic E-state index is 0.121. The lowest BCUT2D eigenvalue weighted by molar-refractivity contribution is 0.173. The van der Waals surface area contributed by atoms with E-state index in [2.05, 4.69) is 71.0 Å². The SMILES string of the molecule is Cn1nnc(-c2c(/C(=C/c3ccccc3)c3ccccc3)cc3c(c2/C(=C/c2ccccc2)c2ccccc2)OCO3)n1. The number of hydrogen-bond donors (Lipinski definition) is 0. The Kier molecular flexibility index (Phi) is 7.07. The molecule has 1 aliphatic heterocycles. The normalized spacial score (nSPS) is 12.9. The van der Waals surface area contributed by atoms with Crippen LogP contribution in [-0.4, -0.2) is 27.0 Å². The van der Waals surface area contributed by atoms with Gasteiger partial charge in [-0.1, -0.05) is 121 Å². The van der Waals surface area contributed by atoms with Crippen LogP contribution in [0.4, 0.5) is 0 Å². The monoisotopic (exact) mass is 560 g/mol. The van der Waals surface area contributed by atoms with Gasteiger partial charge in [0.05, 0.1) is 7.05 Å². The molecule has 6 nitrogen and oxygen atoms in total. The first-order valence-corrected chi connectivity index (χ1v) is 14.1. The highest BCUT2D eigenvalue weighted by molar-refractivity contribution is 6.05. The quantitative estimate of drug-likeness (QED) is 0.187. The first kappa shape index (κ1) is 26.2. The van der Waals surface area contributed by atoms with E-state index in [-0.39, 0.29) is 6.79 Å². The summed E-state index contributed by atoms with van der Waals surface area (Å²) in [4.78, 5) is 1.49. The van der Waals surface area contributed by atoms with Crippen LogP contribution in [0.25, 0.3) is 34.7 Å². The van der Waals surface area contributed by atoms with Gasteiger partial charge in [-0.2, -0.15) is 4.80 Å². The molecule has 0 spiro atoms. The van der Waals surface area contributed by atoms with Gasteiger partial charge in [-0.3, -0.25) is 0 Å². The highest BCUT2D eigenvalue weighted by Gasteiger charge is 2.31. The van der Waals surface area contributed by atoms with Crippen LogP contribution in [0, 0.1) is 0 Å². The predicted molar refractivity (Wildman–Crippen MR) is 170 cm³/mol. The molecule has 5 aromatic carbocycles. The van der Waals surface area contributed by atoms with Gasteiger partial charge in [0.25, 0.3) is 0 Å². The maximum absolute atomic E-state index is 6.23. The first-order valence-electron chi connectivity index (χ1n) is 14.1. The average Bonchev–Trinajstić information content (AvgIpc) is 3.72. The maximum Gasteiger partial charge on any atom is 0.231 e. The van der Waals surface area contributed by atoms with Crippen molar-refractivity contribution >= 4 is 23.3 Å². The molecule has 0 saturated heterocycles. The predicted octanol–water partition coefficient (Wildman–Crippen LogP) is 7.78. The second-order valence-corrected chi connectivity index (χ2v) is 10.2. The molecule has 2 heterocycles. The molecule has 0 saturated carbocycles. The molecular formula is C37H28N4O2. The molecule has 0 unspecified atom stereocenters. The zero-order chi connectivity index (χ0) is 29.0. The Labute approximate surface area is 250 Å². The van der Waals surface area contributed by atoms with Gasteiger partial charge in [-0.25, -0.2) is 0 Å². The van der Waals surface area contributed by atoms with E-state index < -0.39 is 0 Å². The van der Waals surface area contributed by atoms with Crippen molar-refractivity contribution in [3.63, 3.8) is 0 Å². The van der Waals surface area contributed by atoms with Gasteiger partial charge < -0.3 is 9.47 Å². The van der Waals surface area contributed by atoms with Crippen LogP contribution in [0.3, 0.4) is 0 Å². The van der Waals surface area contributed by atoms with Crippen molar-refractivity contribution in [3.8, 4) is 22.9 Å². The van der Waals surface area contributed by atoms with Crippen LogP contribution in [0.15, 0.2) is 127 Å². The summed E-state index contributed by atoms with van der Waals surface area (Å²) in [6.07, 6.45) is 4.37. The zero-order valence-electron chi connectivity index (χ0n) is 23.6. The number of aryl methyl sites for hydroxylation is 1. The molecule has 0 aliphatic carbocycles. The third-order valence-corrected chi connectivity index (χ3v) is 7.35. The lowest BCUT2D eigenvalue weighted by Crippen LogP contribution is -2.02. The summed E-state index contributed by atoms with van der Waals surface area (Å²) in [5, 5.41) is 13.5. The Balaban J connectivity index is 1.61. The smallest absolute Gasteiger partial charge is 0.231 e. The number of benzene rings is 5. The maximum atomic E-state index is 6.23. The summed E-state index contributed by atoms with van der Waals surface area (Å²) < 4.78 is 12.3. The third-order valence-electron chi connectivity index (χ3n) is 7.35. The van der Waals surface area contributed by atoms with E-state index >= 15 is 0 Å². The van der Waals surface area contributed by atoms with Crippen molar-refractivity contribution in [2.45, 2.75) is 0 Å². The van der Waals surface area contributed by atoms with E-state index in [1.807, 2.05) is 78.9 Å². The summed E-state index contributed by atoms with van der Waals surface area (Å²) in [6.45, 7) is 0.121. The Morgan fingerprint density at radius 1 is 0.674 bits per heavy atom. The van der Waals surface area contributed by atoms with Crippen LogP contribution in [0.1, 0.15) is 33.4 Å². The molecule has 0 fully saturated rings. The molecule has 0 amide bonds. The number of tetrazole rings is 1. The molecule has 6 aromatic rings. The fraction of sp³-hybridized carbons (Fsp3) is 0.0541. The first-order chi connectivity index (χ1) is 21.2. The second kappa shape index (κ2) is 11.6. The van der Waals surface area contributed by atoms with E-state index in [4.69, 9.17) is 14.6 Å². The van der Waals surface area contributed by atoms with Crippen LogP contribution in [-0.2, 0) is 7.05 Å². The topological polar surface area (TPSA) is 62.1 Å². The van der Waals surface area contributed by atoms with E-state index in [9.17, 15) is 0 Å². The van der Waals surface area contributed by atoms with Gasteiger partial charge in [-0.05, 0) is 62.4 Å². The van der Waals surface area contributed by atoms with Crippen LogP contribution in [0.5, 0.6) is 11.5 Å². The highest BCUT2D eigenvalue weighted by Crippen LogP contribution is 2.50. The highest BCUT2D eigenvalue weighted by atomic mass is 16.7. The average molecular weight is 561 g/mol. The zero-order valence-corrected chi connectivity index (χ0v) is 23.6. The summed E-state index contributed by atoms with van der Waals surface area (Å²) >= 11 is 0. The molecule has 1 aromatic heterocycles. The number of nitrogens with zero attached hydrogens (tertiary/aromatic N) is 4. The van der Waals surface area contributed by atoms with Crippen molar-refractivity contribution in [2.24, 2.45) is 7.05 Å². The van der Waals surface area contributed by atoms with Crippen molar-refractivity contribution < 1.29 is 9.47 Å². The largest absolute Gasteiger partial charge is 0.454 e. The van der Waals surface area contributed by atoms with Gasteiger partial charge in [0.1, 0.15) is 0 Å². The summed E-state index contributed by atoms with van der Waals surface area (Å²) in [7, 11) is 1.78. The van der Waals surface area contributed by atoms with Crippen LogP contribution in [0.2, 0.25) is 0 Å². The number of ether oxygens (including phenoxy) is 2. The van der Waals surface area contributed by atoms with E-state index in [0.29, 0.717) is 17.3 Å². The lowest BCUT2D eigenvalue weighted by atomic mass is 9.84. The van der Waals surface area contributed by atoms with E-state index in [0.717, 1.165) is 50.1 Å². The molecule has 0 N–H and O–H groups in total. The number of rotatable bonds is 7. The Morgan fingerprint density at radius 3 is 1.77 bits per heavy atom. The lowest BCUT2D eigenvalue weighted by Gasteiger charge is -2.20. The molecule has 6 heteroatoms. The molecule has 7 rings (SSSR count). The second-order valence-electron chi connectivity index (χ2n) is 10.2. The fourth-order valence-corrected chi connectivity index (χ4v) is 5.41. The Hall–Kier alpha value is -5.75. The van der Waals surface area contributed by atoms with Gasteiger partial charge >= 0.3 is 0 Å². The van der Waals surface area contributed by atoms with E-state index in [1.54, 1.807) is 7.05 Å². The number of hydrogen-bond acceptors (Lipinski definition) is 5. The van der Waals surface area contributed by atoms with Gasteiger partial charge in [0.15, 0.2) is 11.5 Å². The molecule has 0 atom stereocenters. The van der Waals surface area contributed by atoms with Crippen molar-refractivity contribution in [1.29, 1.82) is 0 Å². The third kappa shape index (κ3) is 5.34. The number of aromatic nitrogens is 4. The van der Waals surface area contributed by atoms with Crippen molar-refractivity contribution in [2.75, 3.05) is 6.79 Å². The minimum Gasteiger partial charge on any atom is -0.454 e. The minimum absolute atomic E-state index is 0.121. The summed E-state index contributed by atoms with van der Waals surface area (Å²) in [5.41, 5.74) is 8.75. The van der Waals surface area contributed by atoms with Crippen LogP contribution < -0.4 is 9.47 Å². The summed E-state index contributed by atoms with van der Waals surface area (Å²) in [6, 6.07) is 43.3. The van der Waals surface area contributed by atoms with Crippen molar-refractivity contribution in [3.05, 3.63) is 161 Å². The van der Waals surface area contributed by atoms with Crippen molar-refractivity contribution in [1.82, 2.24) is 20.2 Å². The van der Waals surface area contributed by atoms with Crippen LogP contribution >= 0.6 is 0 Å². The molecule has 208 valence electrons. The molecular weight excluding hydrogens is 532 g/mol. The molecule has 1 aliphatic rings.